The minimum absolute atomic E-state index is 0.186. The number of hydrogen-bond acceptors (Lipinski definition) is 5. The minimum Gasteiger partial charge on any atom is -0.493 e. The van der Waals surface area contributed by atoms with E-state index in [0.717, 1.165) is 11.1 Å². The quantitative estimate of drug-likeness (QED) is 0.451. The molecule has 0 saturated carbocycles. The number of hydrogen-bond donors (Lipinski definition) is 1. The van der Waals surface area contributed by atoms with Gasteiger partial charge in [0.1, 0.15) is 5.75 Å². The first-order chi connectivity index (χ1) is 16.9. The van der Waals surface area contributed by atoms with Crippen LogP contribution in [0.15, 0.2) is 66.7 Å². The van der Waals surface area contributed by atoms with Crippen molar-refractivity contribution in [1.29, 1.82) is 0 Å². The summed E-state index contributed by atoms with van der Waals surface area (Å²) in [6.07, 6.45) is 2.47. The van der Waals surface area contributed by atoms with Crippen molar-refractivity contribution in [3.63, 3.8) is 0 Å². The number of rotatable bonds is 7. The summed E-state index contributed by atoms with van der Waals surface area (Å²) in [6.45, 7) is 2.00. The van der Waals surface area contributed by atoms with Crippen molar-refractivity contribution < 1.29 is 23.8 Å². The van der Waals surface area contributed by atoms with Crippen LogP contribution in [0.3, 0.4) is 0 Å². The topological polar surface area (TPSA) is 77.1 Å². The van der Waals surface area contributed by atoms with Gasteiger partial charge in [0.05, 0.1) is 26.5 Å². The highest BCUT2D eigenvalue weighted by Gasteiger charge is 2.32. The zero-order valence-corrected chi connectivity index (χ0v) is 20.3. The lowest BCUT2D eigenvalue weighted by Gasteiger charge is -2.33. The molecule has 35 heavy (non-hydrogen) atoms. The van der Waals surface area contributed by atoms with Gasteiger partial charge in [-0.25, -0.2) is 0 Å². The van der Waals surface area contributed by atoms with Gasteiger partial charge in [0.15, 0.2) is 17.6 Å². The fourth-order valence-corrected chi connectivity index (χ4v) is 3.95. The molecular formula is C27H25ClN2O5. The molecule has 1 aliphatic heterocycles. The van der Waals surface area contributed by atoms with Crippen LogP contribution in [-0.2, 0) is 16.1 Å². The number of methoxy groups -OCH3 is 2. The normalized spacial score (nSPS) is 14.9. The average Bonchev–Trinajstić information content (AvgIpc) is 2.86. The van der Waals surface area contributed by atoms with Crippen LogP contribution in [0.1, 0.15) is 18.1 Å². The van der Waals surface area contributed by atoms with E-state index in [9.17, 15) is 9.59 Å². The van der Waals surface area contributed by atoms with Crippen LogP contribution in [0.2, 0.25) is 5.02 Å². The number of halogens is 1. The number of fused-ring (bicyclic) bond motifs is 1. The summed E-state index contributed by atoms with van der Waals surface area (Å²) < 4.78 is 16.3. The Bertz CT molecular complexity index is 1290. The highest BCUT2D eigenvalue weighted by atomic mass is 35.5. The third kappa shape index (κ3) is 5.41. The van der Waals surface area contributed by atoms with Crippen LogP contribution >= 0.6 is 11.6 Å². The summed E-state index contributed by atoms with van der Waals surface area (Å²) in [5.41, 5.74) is 2.69. The SMILES string of the molecule is COc1ccc(/C=C/C(=O)Nc2ccc3c(c2)N(Cc2ccccc2Cl)C(=O)C(C)O3)cc1OC. The van der Waals surface area contributed by atoms with E-state index < -0.39 is 6.10 Å². The second-order valence-electron chi connectivity index (χ2n) is 7.90. The van der Waals surface area contributed by atoms with Crippen LogP contribution in [0.5, 0.6) is 17.2 Å². The smallest absolute Gasteiger partial charge is 0.268 e. The van der Waals surface area contributed by atoms with Crippen molar-refractivity contribution in [3.05, 3.63) is 82.9 Å². The molecule has 4 rings (SSSR count). The maximum atomic E-state index is 12.9. The summed E-state index contributed by atoms with van der Waals surface area (Å²) >= 11 is 6.33. The van der Waals surface area contributed by atoms with E-state index in [1.54, 1.807) is 68.5 Å². The zero-order chi connectivity index (χ0) is 24.9. The second kappa shape index (κ2) is 10.5. The van der Waals surface area contributed by atoms with Gasteiger partial charge in [-0.05, 0) is 60.5 Å². The number of ether oxygens (including phenoxy) is 3. The fourth-order valence-electron chi connectivity index (χ4n) is 3.76. The lowest BCUT2D eigenvalue weighted by Crippen LogP contribution is -2.44. The van der Waals surface area contributed by atoms with Crippen LogP contribution in [-0.4, -0.2) is 32.1 Å². The molecule has 1 heterocycles. The molecule has 0 aliphatic carbocycles. The molecule has 0 fully saturated rings. The molecule has 0 saturated heterocycles. The molecule has 1 unspecified atom stereocenters. The summed E-state index contributed by atoms with van der Waals surface area (Å²) in [6, 6.07) is 17.9. The number of carbonyl (C=O) groups is 2. The summed E-state index contributed by atoms with van der Waals surface area (Å²) in [4.78, 5) is 27.1. The number of nitrogens with zero attached hydrogens (tertiary/aromatic N) is 1. The Morgan fingerprint density at radius 3 is 2.60 bits per heavy atom. The number of amides is 2. The lowest BCUT2D eigenvalue weighted by molar-refractivity contribution is -0.125. The number of carbonyl (C=O) groups excluding carboxylic acids is 2. The zero-order valence-electron chi connectivity index (χ0n) is 19.6. The molecule has 8 heteroatoms. The maximum Gasteiger partial charge on any atom is 0.268 e. The molecule has 3 aromatic rings. The van der Waals surface area contributed by atoms with Gasteiger partial charge in [-0.1, -0.05) is 35.9 Å². The molecule has 3 aromatic carbocycles. The molecule has 0 radical (unpaired) electrons. The first-order valence-corrected chi connectivity index (χ1v) is 11.3. The van der Waals surface area contributed by atoms with Crippen LogP contribution in [0, 0.1) is 0 Å². The highest BCUT2D eigenvalue weighted by molar-refractivity contribution is 6.31. The van der Waals surface area contributed by atoms with Crippen LogP contribution < -0.4 is 24.4 Å². The molecule has 1 N–H and O–H groups in total. The van der Waals surface area contributed by atoms with Gasteiger partial charge < -0.3 is 24.4 Å². The summed E-state index contributed by atoms with van der Waals surface area (Å²) in [7, 11) is 3.12. The van der Waals surface area contributed by atoms with Crippen LogP contribution in [0.4, 0.5) is 11.4 Å². The van der Waals surface area contributed by atoms with Gasteiger partial charge in [-0.3, -0.25) is 9.59 Å². The summed E-state index contributed by atoms with van der Waals surface area (Å²) in [5.74, 6) is 1.23. The standard InChI is InChI=1S/C27H25ClN2O5/c1-17-27(32)30(16-19-6-4-5-7-21(19)28)22-15-20(10-12-23(22)35-17)29-26(31)13-9-18-8-11-24(33-2)25(14-18)34-3/h4-15,17H,16H2,1-3H3,(H,29,31)/b13-9+. The Morgan fingerprint density at radius 1 is 1.09 bits per heavy atom. The molecule has 180 valence electrons. The van der Waals surface area contributed by atoms with Gasteiger partial charge in [-0.15, -0.1) is 0 Å². The van der Waals surface area contributed by atoms with Crippen molar-refractivity contribution in [1.82, 2.24) is 0 Å². The first-order valence-electron chi connectivity index (χ1n) is 11.0. The van der Waals surface area contributed by atoms with Gasteiger partial charge in [-0.2, -0.15) is 0 Å². The minimum atomic E-state index is -0.630. The molecule has 1 aliphatic rings. The second-order valence-corrected chi connectivity index (χ2v) is 8.30. The monoisotopic (exact) mass is 492 g/mol. The lowest BCUT2D eigenvalue weighted by atomic mass is 10.1. The van der Waals surface area contributed by atoms with E-state index in [2.05, 4.69) is 5.32 Å². The largest absolute Gasteiger partial charge is 0.493 e. The van der Waals surface area contributed by atoms with E-state index in [-0.39, 0.29) is 18.4 Å². The molecule has 0 aromatic heterocycles. The number of nitrogens with one attached hydrogen (secondary N) is 1. The Kier molecular flexibility index (Phi) is 7.27. The number of benzene rings is 3. The van der Waals surface area contributed by atoms with E-state index >= 15 is 0 Å². The predicted octanol–water partition coefficient (Wildman–Crippen LogP) is 5.32. The van der Waals surface area contributed by atoms with Crippen molar-refractivity contribution in [2.24, 2.45) is 0 Å². The Hall–Kier alpha value is -3.97. The van der Waals surface area contributed by atoms with Gasteiger partial charge in [0.25, 0.3) is 5.91 Å². The average molecular weight is 493 g/mol. The van der Waals surface area contributed by atoms with E-state index in [4.69, 9.17) is 25.8 Å². The van der Waals surface area contributed by atoms with Gasteiger partial charge >= 0.3 is 0 Å². The van der Waals surface area contributed by atoms with E-state index in [1.165, 1.54) is 6.08 Å². The van der Waals surface area contributed by atoms with Crippen molar-refractivity contribution >= 4 is 40.9 Å². The molecular weight excluding hydrogens is 468 g/mol. The summed E-state index contributed by atoms with van der Waals surface area (Å²) in [5, 5.41) is 3.41. The van der Waals surface area contributed by atoms with E-state index in [0.29, 0.717) is 33.6 Å². The Labute approximate surface area is 208 Å². The molecule has 1 atom stereocenters. The van der Waals surface area contributed by atoms with Crippen molar-refractivity contribution in [3.8, 4) is 17.2 Å². The van der Waals surface area contributed by atoms with Gasteiger partial charge in [0, 0.05) is 16.8 Å². The first kappa shape index (κ1) is 24.2. The number of anilines is 2. The van der Waals surface area contributed by atoms with Crippen molar-refractivity contribution in [2.45, 2.75) is 19.6 Å². The Morgan fingerprint density at radius 2 is 1.86 bits per heavy atom. The van der Waals surface area contributed by atoms with E-state index in [1.807, 2.05) is 24.3 Å². The molecule has 7 nitrogen and oxygen atoms in total. The molecule has 2 amide bonds. The third-order valence-corrected chi connectivity index (χ3v) is 5.92. The van der Waals surface area contributed by atoms with Crippen molar-refractivity contribution in [2.75, 3.05) is 24.4 Å². The maximum absolute atomic E-state index is 12.9. The fraction of sp³-hybridized carbons (Fsp3) is 0.185. The van der Waals surface area contributed by atoms with Gasteiger partial charge in [0.2, 0.25) is 5.91 Å². The van der Waals surface area contributed by atoms with Crippen LogP contribution in [0.25, 0.3) is 6.08 Å². The molecule has 0 spiro atoms. The molecule has 0 bridgehead atoms. The third-order valence-electron chi connectivity index (χ3n) is 5.56. The Balaban J connectivity index is 1.54. The predicted molar refractivity (Wildman–Crippen MR) is 136 cm³/mol. The highest BCUT2D eigenvalue weighted by Crippen LogP contribution is 2.38.